The van der Waals surface area contributed by atoms with Gasteiger partial charge in [-0.1, -0.05) is 7.43 Å². The highest BCUT2D eigenvalue weighted by molar-refractivity contribution is 7.09. The average Bonchev–Trinajstić information content (AvgIpc) is 2.17. The fourth-order valence-electron chi connectivity index (χ4n) is 0.534. The molecule has 4 heteroatoms. The van der Waals surface area contributed by atoms with Crippen LogP contribution < -0.4 is 5.32 Å². The summed E-state index contributed by atoms with van der Waals surface area (Å²) < 4.78 is 0. The molecule has 0 aliphatic carbocycles. The topological polar surface area (TPSA) is 45.2 Å². The smallest absolute Gasteiger partial charge is 0.222 e. The summed E-state index contributed by atoms with van der Waals surface area (Å²) in [5.74, 6) is 0.116. The van der Waals surface area contributed by atoms with E-state index < -0.39 is 0 Å². The number of hydrogen-bond acceptors (Lipinski definition) is 4. The van der Waals surface area contributed by atoms with E-state index in [2.05, 4.69) is 10.3 Å². The molecule has 1 rings (SSSR count). The SMILES string of the molecule is C.CNCc1nc(O)cs1. The van der Waals surface area contributed by atoms with E-state index in [9.17, 15) is 0 Å². The molecule has 0 unspecified atom stereocenters. The van der Waals surface area contributed by atoms with Gasteiger partial charge in [0.2, 0.25) is 5.88 Å². The second-order valence-electron chi connectivity index (χ2n) is 1.63. The van der Waals surface area contributed by atoms with Gasteiger partial charge in [0.05, 0.1) is 5.38 Å². The second kappa shape index (κ2) is 4.24. The van der Waals surface area contributed by atoms with Gasteiger partial charge in [0.15, 0.2) is 0 Å². The Morgan fingerprint density at radius 2 is 2.50 bits per heavy atom. The van der Waals surface area contributed by atoms with Gasteiger partial charge in [-0.15, -0.1) is 11.3 Å². The van der Waals surface area contributed by atoms with Gasteiger partial charge in [-0.3, -0.25) is 0 Å². The molecule has 0 amide bonds. The molecule has 10 heavy (non-hydrogen) atoms. The van der Waals surface area contributed by atoms with Gasteiger partial charge in [0, 0.05) is 6.54 Å². The second-order valence-corrected chi connectivity index (χ2v) is 2.57. The lowest BCUT2D eigenvalue weighted by atomic mass is 10.7. The molecule has 0 spiro atoms. The zero-order chi connectivity index (χ0) is 6.69. The molecule has 1 aromatic rings. The minimum atomic E-state index is 0. The average molecular weight is 160 g/mol. The third kappa shape index (κ3) is 2.33. The van der Waals surface area contributed by atoms with Crippen LogP contribution in [0.2, 0.25) is 0 Å². The number of nitrogens with one attached hydrogen (secondary N) is 1. The van der Waals surface area contributed by atoms with Crippen molar-refractivity contribution in [2.75, 3.05) is 7.05 Å². The lowest BCUT2D eigenvalue weighted by Crippen LogP contribution is -2.03. The molecule has 0 saturated heterocycles. The summed E-state index contributed by atoms with van der Waals surface area (Å²) >= 11 is 1.45. The molecule has 0 bridgehead atoms. The van der Waals surface area contributed by atoms with E-state index >= 15 is 0 Å². The van der Waals surface area contributed by atoms with Crippen molar-refractivity contribution in [1.82, 2.24) is 10.3 Å². The van der Waals surface area contributed by atoms with Crippen LogP contribution in [-0.4, -0.2) is 17.1 Å². The quantitative estimate of drug-likeness (QED) is 0.683. The number of thiazole rings is 1. The Hall–Kier alpha value is -0.610. The first kappa shape index (κ1) is 9.39. The van der Waals surface area contributed by atoms with Crippen molar-refractivity contribution in [1.29, 1.82) is 0 Å². The lowest BCUT2D eigenvalue weighted by Gasteiger charge is -1.88. The Kier molecular flexibility index (Phi) is 3.99. The Balaban J connectivity index is 0.000000810. The molecule has 0 aliphatic rings. The van der Waals surface area contributed by atoms with Crippen molar-refractivity contribution in [2.24, 2.45) is 0 Å². The largest absolute Gasteiger partial charge is 0.493 e. The van der Waals surface area contributed by atoms with Crippen molar-refractivity contribution >= 4 is 11.3 Å². The van der Waals surface area contributed by atoms with E-state index in [1.807, 2.05) is 7.05 Å². The minimum absolute atomic E-state index is 0. The fraction of sp³-hybridized carbons (Fsp3) is 0.500. The molecule has 3 nitrogen and oxygen atoms in total. The molecule has 0 saturated carbocycles. The number of nitrogens with zero attached hydrogens (tertiary/aromatic N) is 1. The summed E-state index contributed by atoms with van der Waals surface area (Å²) in [6.07, 6.45) is 0. The van der Waals surface area contributed by atoms with E-state index in [0.29, 0.717) is 0 Å². The van der Waals surface area contributed by atoms with Crippen molar-refractivity contribution in [3.63, 3.8) is 0 Å². The summed E-state index contributed by atoms with van der Waals surface area (Å²) in [4.78, 5) is 3.81. The number of aromatic hydroxyl groups is 1. The molecule has 1 heterocycles. The highest BCUT2D eigenvalue weighted by atomic mass is 32.1. The summed E-state index contributed by atoms with van der Waals surface area (Å²) in [6, 6.07) is 0. The lowest BCUT2D eigenvalue weighted by molar-refractivity contribution is 0.455. The maximum atomic E-state index is 8.75. The van der Waals surface area contributed by atoms with Crippen molar-refractivity contribution in [3.8, 4) is 5.88 Å². The summed E-state index contributed by atoms with van der Waals surface area (Å²) in [6.45, 7) is 0.727. The first-order valence-corrected chi connectivity index (χ1v) is 3.49. The zero-order valence-electron chi connectivity index (χ0n) is 5.09. The predicted molar refractivity (Wildman–Crippen MR) is 43.3 cm³/mol. The van der Waals surface area contributed by atoms with Crippen LogP contribution in [0, 0.1) is 0 Å². The van der Waals surface area contributed by atoms with E-state index in [4.69, 9.17) is 5.11 Å². The number of rotatable bonds is 2. The van der Waals surface area contributed by atoms with Crippen LogP contribution in [0.5, 0.6) is 5.88 Å². The van der Waals surface area contributed by atoms with Crippen LogP contribution in [0.3, 0.4) is 0 Å². The molecule has 0 radical (unpaired) electrons. The minimum Gasteiger partial charge on any atom is -0.493 e. The highest BCUT2D eigenvalue weighted by Gasteiger charge is 1.95. The van der Waals surface area contributed by atoms with Crippen LogP contribution in [0.25, 0.3) is 0 Å². The molecule has 0 aromatic carbocycles. The predicted octanol–water partition coefficient (Wildman–Crippen LogP) is 1.20. The Bertz CT molecular complexity index is 188. The van der Waals surface area contributed by atoms with Crippen LogP contribution in [-0.2, 0) is 6.54 Å². The molecule has 58 valence electrons. The maximum absolute atomic E-state index is 8.75. The van der Waals surface area contributed by atoms with Crippen LogP contribution >= 0.6 is 11.3 Å². The Morgan fingerprint density at radius 3 is 2.90 bits per heavy atom. The maximum Gasteiger partial charge on any atom is 0.222 e. The first-order chi connectivity index (χ1) is 4.33. The molecule has 2 N–H and O–H groups in total. The molecular formula is C6H12N2OS. The van der Waals surface area contributed by atoms with Gasteiger partial charge < -0.3 is 10.4 Å². The van der Waals surface area contributed by atoms with Crippen molar-refractivity contribution < 1.29 is 5.11 Å². The highest BCUT2D eigenvalue weighted by Crippen LogP contribution is 2.13. The van der Waals surface area contributed by atoms with E-state index in [1.54, 1.807) is 5.38 Å². The molecule has 0 atom stereocenters. The normalized spacial score (nSPS) is 8.90. The monoisotopic (exact) mass is 160 g/mol. The van der Waals surface area contributed by atoms with Crippen LogP contribution in [0.1, 0.15) is 12.4 Å². The van der Waals surface area contributed by atoms with Gasteiger partial charge in [0.1, 0.15) is 5.01 Å². The van der Waals surface area contributed by atoms with E-state index in [0.717, 1.165) is 11.6 Å². The Labute approximate surface area is 64.7 Å². The number of hydrogen-bond donors (Lipinski definition) is 2. The fourth-order valence-corrected chi connectivity index (χ4v) is 1.20. The summed E-state index contributed by atoms with van der Waals surface area (Å²) in [5.41, 5.74) is 0. The third-order valence-corrected chi connectivity index (χ3v) is 1.70. The molecule has 0 aliphatic heterocycles. The first-order valence-electron chi connectivity index (χ1n) is 2.61. The number of aromatic nitrogens is 1. The summed E-state index contributed by atoms with van der Waals surface area (Å²) in [5, 5.41) is 14.2. The van der Waals surface area contributed by atoms with Gasteiger partial charge in [0.25, 0.3) is 0 Å². The van der Waals surface area contributed by atoms with Crippen LogP contribution in [0.4, 0.5) is 0 Å². The van der Waals surface area contributed by atoms with Crippen LogP contribution in [0.15, 0.2) is 5.38 Å². The third-order valence-electron chi connectivity index (χ3n) is 0.868. The van der Waals surface area contributed by atoms with Crippen molar-refractivity contribution in [3.05, 3.63) is 10.4 Å². The summed E-state index contributed by atoms with van der Waals surface area (Å²) in [7, 11) is 1.85. The van der Waals surface area contributed by atoms with Gasteiger partial charge in [-0.05, 0) is 7.05 Å². The van der Waals surface area contributed by atoms with Gasteiger partial charge >= 0.3 is 0 Å². The molecular weight excluding hydrogens is 148 g/mol. The molecule has 0 fully saturated rings. The zero-order valence-corrected chi connectivity index (χ0v) is 5.90. The van der Waals surface area contributed by atoms with Crippen molar-refractivity contribution in [2.45, 2.75) is 14.0 Å². The standard InChI is InChI=1S/C5H8N2OS.CH4/c1-6-2-5-7-4(8)3-9-5;/h3,6,8H,2H2,1H3;1H4. The van der Waals surface area contributed by atoms with Gasteiger partial charge in [-0.25, -0.2) is 4.98 Å². The van der Waals surface area contributed by atoms with E-state index in [-0.39, 0.29) is 13.3 Å². The Morgan fingerprint density at radius 1 is 1.80 bits per heavy atom. The molecule has 1 aromatic heterocycles. The van der Waals surface area contributed by atoms with E-state index in [1.165, 1.54) is 11.3 Å². The van der Waals surface area contributed by atoms with Gasteiger partial charge in [-0.2, -0.15) is 0 Å².